The summed E-state index contributed by atoms with van der Waals surface area (Å²) in [5.41, 5.74) is 5.92. The van der Waals surface area contributed by atoms with Crippen molar-refractivity contribution in [3.63, 3.8) is 0 Å². The monoisotopic (exact) mass is 252 g/mol. The van der Waals surface area contributed by atoms with Gasteiger partial charge in [-0.3, -0.25) is 0 Å². The summed E-state index contributed by atoms with van der Waals surface area (Å²) in [5.74, 6) is 0. The number of nitrogens with two attached hydrogens (primary N) is 1. The van der Waals surface area contributed by atoms with Crippen LogP contribution in [0.4, 0.5) is 0 Å². The maximum Gasteiger partial charge on any atom is 0.0541 e. The number of aryl methyl sites for hydroxylation is 1. The molecule has 1 unspecified atom stereocenters. The summed E-state index contributed by atoms with van der Waals surface area (Å²) in [6.45, 7) is 2.92. The van der Waals surface area contributed by atoms with E-state index in [2.05, 4.69) is 24.4 Å². The molecular weight excluding hydrogens is 228 g/mol. The maximum atomic E-state index is 5.92. The molecule has 96 valence electrons. The number of thiophene rings is 1. The van der Waals surface area contributed by atoms with Crippen LogP contribution in [0.1, 0.15) is 54.8 Å². The molecule has 1 aromatic rings. The lowest BCUT2D eigenvalue weighted by Gasteiger charge is -2.27. The second-order valence-corrected chi connectivity index (χ2v) is 6.15. The number of hydrogen-bond acceptors (Lipinski definition) is 3. The Morgan fingerprint density at radius 2 is 2.12 bits per heavy atom. The van der Waals surface area contributed by atoms with Crippen molar-refractivity contribution in [3.8, 4) is 0 Å². The maximum absolute atomic E-state index is 5.92. The Balaban J connectivity index is 1.95. The Morgan fingerprint density at radius 3 is 2.71 bits per heavy atom. The lowest BCUT2D eigenvalue weighted by atomic mass is 9.95. The molecule has 17 heavy (non-hydrogen) atoms. The van der Waals surface area contributed by atoms with Crippen LogP contribution in [0.15, 0.2) is 12.1 Å². The first kappa shape index (κ1) is 13.1. The van der Waals surface area contributed by atoms with E-state index in [4.69, 9.17) is 5.73 Å². The topological polar surface area (TPSA) is 38.0 Å². The van der Waals surface area contributed by atoms with Crippen LogP contribution in [0.5, 0.6) is 0 Å². The van der Waals surface area contributed by atoms with Crippen molar-refractivity contribution in [3.05, 3.63) is 21.9 Å². The van der Waals surface area contributed by atoms with E-state index in [9.17, 15) is 0 Å². The smallest absolute Gasteiger partial charge is 0.0541 e. The summed E-state index contributed by atoms with van der Waals surface area (Å²) >= 11 is 1.91. The highest BCUT2D eigenvalue weighted by Gasteiger charge is 2.19. The van der Waals surface area contributed by atoms with Crippen LogP contribution in [-0.4, -0.2) is 12.6 Å². The first-order chi connectivity index (χ1) is 8.33. The SMILES string of the molecule is CCc1ccc(C(CN)NC2CCCCC2)s1. The highest BCUT2D eigenvalue weighted by Crippen LogP contribution is 2.26. The first-order valence-corrected chi connectivity index (χ1v) is 7.70. The molecule has 1 aromatic heterocycles. The molecule has 1 aliphatic carbocycles. The Hall–Kier alpha value is -0.380. The fourth-order valence-corrected chi connectivity index (χ4v) is 3.62. The van der Waals surface area contributed by atoms with Gasteiger partial charge in [0.05, 0.1) is 6.04 Å². The zero-order chi connectivity index (χ0) is 12.1. The molecular formula is C14H24N2S. The van der Waals surface area contributed by atoms with Crippen LogP contribution < -0.4 is 11.1 Å². The van der Waals surface area contributed by atoms with E-state index < -0.39 is 0 Å². The van der Waals surface area contributed by atoms with Gasteiger partial charge in [-0.2, -0.15) is 0 Å². The van der Waals surface area contributed by atoms with E-state index in [0.717, 1.165) is 6.42 Å². The summed E-state index contributed by atoms with van der Waals surface area (Å²) in [6.07, 6.45) is 7.93. The molecule has 1 aliphatic rings. The fraction of sp³-hybridized carbons (Fsp3) is 0.714. The van der Waals surface area contributed by atoms with Crippen molar-refractivity contribution in [2.45, 2.75) is 57.5 Å². The van der Waals surface area contributed by atoms with Gasteiger partial charge in [-0.1, -0.05) is 26.2 Å². The van der Waals surface area contributed by atoms with Gasteiger partial charge in [-0.15, -0.1) is 11.3 Å². The summed E-state index contributed by atoms with van der Waals surface area (Å²) < 4.78 is 0. The molecule has 0 bridgehead atoms. The van der Waals surface area contributed by atoms with Crippen LogP contribution in [0.3, 0.4) is 0 Å². The molecule has 0 amide bonds. The van der Waals surface area contributed by atoms with Crippen LogP contribution >= 0.6 is 11.3 Å². The summed E-state index contributed by atoms with van der Waals surface area (Å²) in [4.78, 5) is 2.87. The first-order valence-electron chi connectivity index (χ1n) is 6.88. The molecule has 3 N–H and O–H groups in total. The van der Waals surface area contributed by atoms with E-state index in [0.29, 0.717) is 18.6 Å². The highest BCUT2D eigenvalue weighted by molar-refractivity contribution is 7.12. The Kier molecular flexibility index (Phi) is 5.01. The van der Waals surface area contributed by atoms with E-state index >= 15 is 0 Å². The van der Waals surface area contributed by atoms with Crippen molar-refractivity contribution < 1.29 is 0 Å². The van der Waals surface area contributed by atoms with Crippen molar-refractivity contribution in [1.29, 1.82) is 0 Å². The summed E-state index contributed by atoms with van der Waals surface area (Å²) in [7, 11) is 0. The number of nitrogens with one attached hydrogen (secondary N) is 1. The molecule has 0 aliphatic heterocycles. The molecule has 2 rings (SSSR count). The molecule has 3 heteroatoms. The second kappa shape index (κ2) is 6.53. The molecule has 0 saturated heterocycles. The summed E-state index contributed by atoms with van der Waals surface area (Å²) in [5, 5.41) is 3.74. The highest BCUT2D eigenvalue weighted by atomic mass is 32.1. The predicted octanol–water partition coefficient (Wildman–Crippen LogP) is 3.23. The van der Waals surface area contributed by atoms with Gasteiger partial charge in [0.1, 0.15) is 0 Å². The van der Waals surface area contributed by atoms with Gasteiger partial charge in [0.25, 0.3) is 0 Å². The lowest BCUT2D eigenvalue weighted by molar-refractivity contribution is 0.342. The Labute approximate surface area is 109 Å². The normalized spacial score (nSPS) is 19.4. The van der Waals surface area contributed by atoms with Crippen molar-refractivity contribution in [2.24, 2.45) is 5.73 Å². The zero-order valence-corrected chi connectivity index (χ0v) is 11.6. The molecule has 1 heterocycles. The van der Waals surface area contributed by atoms with Crippen molar-refractivity contribution >= 4 is 11.3 Å². The third-order valence-electron chi connectivity index (χ3n) is 3.65. The molecule has 2 nitrogen and oxygen atoms in total. The van der Waals surface area contributed by atoms with Gasteiger partial charge in [0.2, 0.25) is 0 Å². The van der Waals surface area contributed by atoms with E-state index in [1.807, 2.05) is 11.3 Å². The van der Waals surface area contributed by atoms with Crippen molar-refractivity contribution in [2.75, 3.05) is 6.54 Å². The Morgan fingerprint density at radius 1 is 1.35 bits per heavy atom. The van der Waals surface area contributed by atoms with Gasteiger partial charge in [-0.05, 0) is 31.4 Å². The van der Waals surface area contributed by atoms with Crippen LogP contribution in [-0.2, 0) is 6.42 Å². The molecule has 0 radical (unpaired) electrons. The van der Waals surface area contributed by atoms with Gasteiger partial charge < -0.3 is 11.1 Å². The second-order valence-electron chi connectivity index (χ2n) is 4.95. The minimum absolute atomic E-state index is 0.364. The van der Waals surface area contributed by atoms with Crippen LogP contribution in [0.25, 0.3) is 0 Å². The van der Waals surface area contributed by atoms with Gasteiger partial charge in [0, 0.05) is 22.3 Å². The van der Waals surface area contributed by atoms with Crippen LogP contribution in [0, 0.1) is 0 Å². The van der Waals surface area contributed by atoms with E-state index in [-0.39, 0.29) is 0 Å². The molecule has 1 atom stereocenters. The van der Waals surface area contributed by atoms with Crippen molar-refractivity contribution in [1.82, 2.24) is 5.32 Å². The third-order valence-corrected chi connectivity index (χ3v) is 5.00. The third kappa shape index (κ3) is 3.54. The Bertz CT molecular complexity index is 329. The van der Waals surface area contributed by atoms with Gasteiger partial charge in [-0.25, -0.2) is 0 Å². The molecule has 1 fully saturated rings. The number of rotatable bonds is 5. The van der Waals surface area contributed by atoms with E-state index in [1.165, 1.54) is 41.9 Å². The number of hydrogen-bond donors (Lipinski definition) is 2. The molecule has 0 aromatic carbocycles. The minimum Gasteiger partial charge on any atom is -0.329 e. The quantitative estimate of drug-likeness (QED) is 0.844. The van der Waals surface area contributed by atoms with Gasteiger partial charge in [0.15, 0.2) is 0 Å². The van der Waals surface area contributed by atoms with Crippen LogP contribution in [0.2, 0.25) is 0 Å². The minimum atomic E-state index is 0.364. The van der Waals surface area contributed by atoms with Gasteiger partial charge >= 0.3 is 0 Å². The van der Waals surface area contributed by atoms with E-state index in [1.54, 1.807) is 0 Å². The zero-order valence-electron chi connectivity index (χ0n) is 10.7. The molecule has 0 spiro atoms. The standard InChI is InChI=1S/C14H24N2S/c1-2-12-8-9-14(17-12)13(10-15)16-11-6-4-3-5-7-11/h8-9,11,13,16H,2-7,10,15H2,1H3. The average Bonchev–Trinajstić information content (AvgIpc) is 2.86. The largest absolute Gasteiger partial charge is 0.329 e. The fourth-order valence-electron chi connectivity index (χ4n) is 2.59. The average molecular weight is 252 g/mol. The summed E-state index contributed by atoms with van der Waals surface area (Å²) in [6, 6.07) is 5.54. The predicted molar refractivity (Wildman–Crippen MR) is 75.5 cm³/mol. The lowest BCUT2D eigenvalue weighted by Crippen LogP contribution is -2.37. The molecule has 1 saturated carbocycles.